The predicted octanol–water partition coefficient (Wildman–Crippen LogP) is -0.266. The molecule has 4 N–H and O–H groups in total. The normalized spacial score (nSPS) is 13.4. The summed E-state index contributed by atoms with van der Waals surface area (Å²) in [6.45, 7) is 1.84. The predicted molar refractivity (Wildman–Crippen MR) is 54.8 cm³/mol. The van der Waals surface area contributed by atoms with Gasteiger partial charge in [-0.3, -0.25) is 14.9 Å². The number of hydrogen-bond donors (Lipinski definition) is 3. The smallest absolute Gasteiger partial charge is 0.321 e. The van der Waals surface area contributed by atoms with Crippen molar-refractivity contribution in [1.82, 2.24) is 10.6 Å². The van der Waals surface area contributed by atoms with Crippen LogP contribution in [0, 0.1) is 5.92 Å². The topological polar surface area (TPSA) is 101 Å². The Balaban J connectivity index is 3.71. The number of amides is 4. The van der Waals surface area contributed by atoms with Crippen LogP contribution in [-0.2, 0) is 9.59 Å². The van der Waals surface area contributed by atoms with Crippen molar-refractivity contribution in [1.29, 1.82) is 0 Å². The Morgan fingerprint density at radius 1 is 1.67 bits per heavy atom. The number of urea groups is 1. The molecule has 0 rings (SSSR count). The Labute approximate surface area is 91.5 Å². The first-order chi connectivity index (χ1) is 7.84. The number of carbonyl (C=O) groups is 3. The molecule has 0 fully saturated rings. The van der Waals surface area contributed by atoms with Gasteiger partial charge in [-0.25, -0.2) is 4.79 Å². The fraction of sp³-hybridized carbons (Fsp3) is 0.667. The van der Waals surface area contributed by atoms with Crippen LogP contribution < -0.4 is 16.4 Å². The summed E-state index contributed by atoms with van der Waals surface area (Å²) in [5.74, 6) is -0.594. The minimum absolute atomic E-state index is 0.130. The van der Waals surface area contributed by atoms with Crippen LogP contribution in [0.5, 0.6) is 0 Å². The maximum absolute atomic E-state index is 11.0. The SMILES string of the molecule is [1H]N(CCCCC(C)C(N)=O)C(=O)NC([2H])=O. The van der Waals surface area contributed by atoms with Crippen molar-refractivity contribution in [2.75, 3.05) is 6.54 Å². The second kappa shape index (κ2) is 7.78. The van der Waals surface area contributed by atoms with Crippen LogP contribution in [0.25, 0.3) is 0 Å². The molecule has 0 saturated carbocycles. The second-order valence-electron chi connectivity index (χ2n) is 3.21. The quantitative estimate of drug-likeness (QED) is 0.421. The van der Waals surface area contributed by atoms with E-state index in [2.05, 4.69) is 0 Å². The summed E-state index contributed by atoms with van der Waals surface area (Å²) in [5, 5.41) is 2.23. The van der Waals surface area contributed by atoms with Gasteiger partial charge in [-0.1, -0.05) is 13.3 Å². The van der Waals surface area contributed by atoms with Crippen LogP contribution in [-0.4, -0.2) is 24.9 Å². The highest BCUT2D eigenvalue weighted by Gasteiger charge is 2.07. The van der Waals surface area contributed by atoms with Gasteiger partial charge in [-0.15, -0.1) is 0 Å². The standard InChI is InChI=1S/C9H17N3O3/c1-7(8(10)14)4-2-3-5-11-9(15)12-6-13/h6-7H,2-5H2,1H3,(H2,10,14)(H2,11,12,13,15)/i6D/hH. The minimum atomic E-state index is -1.24. The first-order valence-electron chi connectivity index (χ1n) is 5.66. The molecule has 6 nitrogen and oxygen atoms in total. The first-order valence-corrected chi connectivity index (χ1v) is 4.72. The Bertz CT molecular complexity index is 299. The van der Waals surface area contributed by atoms with Crippen LogP contribution in [0.1, 0.15) is 27.6 Å². The lowest BCUT2D eigenvalue weighted by Crippen LogP contribution is -2.35. The van der Waals surface area contributed by atoms with Gasteiger partial charge in [0, 0.05) is 12.5 Å². The van der Waals surface area contributed by atoms with E-state index in [1.54, 1.807) is 12.2 Å². The Hall–Kier alpha value is -1.59. The number of imide groups is 1. The molecule has 0 heterocycles. The van der Waals surface area contributed by atoms with Crippen LogP contribution in [0.2, 0.25) is 1.41 Å². The molecular weight excluding hydrogens is 198 g/mol. The fourth-order valence-electron chi connectivity index (χ4n) is 0.968. The van der Waals surface area contributed by atoms with Gasteiger partial charge in [0.2, 0.25) is 12.3 Å². The van der Waals surface area contributed by atoms with E-state index in [1.165, 1.54) is 0 Å². The molecule has 0 aliphatic carbocycles. The second-order valence-corrected chi connectivity index (χ2v) is 3.21. The Kier molecular flexibility index (Phi) is 5.16. The number of primary amides is 1. The van der Waals surface area contributed by atoms with E-state index < -0.39 is 12.4 Å². The first kappa shape index (κ1) is 9.95. The Morgan fingerprint density at radius 3 is 2.87 bits per heavy atom. The van der Waals surface area contributed by atoms with Gasteiger partial charge in [0.15, 0.2) is 1.41 Å². The van der Waals surface area contributed by atoms with Crippen LogP contribution in [0.15, 0.2) is 0 Å². The van der Waals surface area contributed by atoms with Crippen molar-refractivity contribution in [3.63, 3.8) is 0 Å². The van der Waals surface area contributed by atoms with Gasteiger partial charge in [0.1, 0.15) is 1.37 Å². The molecule has 6 heteroatoms. The van der Waals surface area contributed by atoms with E-state index in [0.29, 0.717) is 24.6 Å². The lowest BCUT2D eigenvalue weighted by atomic mass is 10.0. The summed E-state index contributed by atoms with van der Waals surface area (Å²) < 4.78 is 13.7. The lowest BCUT2D eigenvalue weighted by Gasteiger charge is -2.06. The van der Waals surface area contributed by atoms with Gasteiger partial charge < -0.3 is 11.0 Å². The van der Waals surface area contributed by atoms with Gasteiger partial charge in [-0.05, 0) is 12.8 Å². The van der Waals surface area contributed by atoms with E-state index in [4.69, 9.17) is 8.52 Å². The van der Waals surface area contributed by atoms with E-state index in [-0.39, 0.29) is 18.4 Å². The third-order valence-corrected chi connectivity index (χ3v) is 1.94. The number of rotatable bonds is 6. The zero-order chi connectivity index (χ0) is 13.4. The molecule has 0 aliphatic heterocycles. The van der Waals surface area contributed by atoms with E-state index >= 15 is 0 Å². The molecule has 0 aliphatic rings. The van der Waals surface area contributed by atoms with Gasteiger partial charge in [0.25, 0.3) is 0 Å². The highest BCUT2D eigenvalue weighted by molar-refractivity contribution is 5.84. The number of nitrogens with one attached hydrogen (secondary N) is 2. The van der Waals surface area contributed by atoms with Crippen molar-refractivity contribution in [3.8, 4) is 0 Å². The van der Waals surface area contributed by atoms with E-state index in [1.807, 2.05) is 0 Å². The molecule has 0 spiro atoms. The van der Waals surface area contributed by atoms with Gasteiger partial charge in [0.05, 0.1) is 0 Å². The number of carbonyl (C=O) groups excluding carboxylic acids is 3. The van der Waals surface area contributed by atoms with E-state index in [0.717, 1.165) is 0 Å². The summed E-state index contributed by atoms with van der Waals surface area (Å²) in [7, 11) is 0. The van der Waals surface area contributed by atoms with Crippen molar-refractivity contribution >= 4 is 18.3 Å². The van der Waals surface area contributed by atoms with Crippen LogP contribution >= 0.6 is 0 Å². The number of nitrogens with two attached hydrogens (primary N) is 1. The molecule has 1 atom stereocenters. The van der Waals surface area contributed by atoms with E-state index in [9.17, 15) is 14.4 Å². The monoisotopic (exact) mass is 216 g/mol. The summed E-state index contributed by atoms with van der Waals surface area (Å²) in [6.07, 6.45) is 0.541. The third-order valence-electron chi connectivity index (χ3n) is 1.94. The molecule has 0 bridgehead atoms. The summed E-state index contributed by atoms with van der Waals surface area (Å²) in [6, 6.07) is -0.923. The largest absolute Gasteiger partial charge is 0.369 e. The molecule has 1 unspecified atom stereocenters. The lowest BCUT2D eigenvalue weighted by molar-refractivity contribution is -0.121. The molecule has 0 aromatic heterocycles. The number of hydrogen-bond acceptors (Lipinski definition) is 3. The highest BCUT2D eigenvalue weighted by Crippen LogP contribution is 2.05. The van der Waals surface area contributed by atoms with Crippen molar-refractivity contribution in [3.05, 3.63) is 0 Å². The highest BCUT2D eigenvalue weighted by atomic mass is 16.2. The molecule has 86 valence electrons. The molecule has 4 amide bonds. The van der Waals surface area contributed by atoms with Crippen LogP contribution in [0.4, 0.5) is 4.79 Å². The zero-order valence-corrected chi connectivity index (χ0v) is 8.66. The number of unbranched alkanes of at least 4 members (excludes halogenated alkanes) is 1. The average molecular weight is 216 g/mol. The summed E-state index contributed by atoms with van der Waals surface area (Å²) >= 11 is 0. The molecule has 0 aromatic carbocycles. The average Bonchev–Trinajstić information content (AvgIpc) is 2.22. The van der Waals surface area contributed by atoms with Gasteiger partial charge in [-0.2, -0.15) is 0 Å². The molecule has 0 saturated heterocycles. The van der Waals surface area contributed by atoms with Crippen molar-refractivity contribution in [2.45, 2.75) is 26.2 Å². The van der Waals surface area contributed by atoms with Crippen LogP contribution in [0.3, 0.4) is 0 Å². The maximum atomic E-state index is 11.0. The molecule has 15 heavy (non-hydrogen) atoms. The Morgan fingerprint density at radius 2 is 2.33 bits per heavy atom. The molecular formula is C9H17N3O3. The third kappa shape index (κ3) is 7.48. The van der Waals surface area contributed by atoms with Crippen molar-refractivity contribution in [2.24, 2.45) is 11.7 Å². The molecule has 0 aromatic rings. The maximum Gasteiger partial charge on any atom is 0.321 e. The van der Waals surface area contributed by atoms with Crippen molar-refractivity contribution < 1.29 is 17.2 Å². The van der Waals surface area contributed by atoms with Gasteiger partial charge >= 0.3 is 6.03 Å². The summed E-state index contributed by atoms with van der Waals surface area (Å²) in [5.41, 5.74) is 5.07. The zero-order valence-electron chi connectivity index (χ0n) is 10.7. The fourth-order valence-corrected chi connectivity index (χ4v) is 0.968. The molecule has 0 radical (unpaired) electrons. The summed E-state index contributed by atoms with van der Waals surface area (Å²) in [4.78, 5) is 31.9. The minimum Gasteiger partial charge on any atom is -0.369 e.